The summed E-state index contributed by atoms with van der Waals surface area (Å²) in [7, 11) is 2.46. The van der Waals surface area contributed by atoms with Crippen molar-refractivity contribution in [2.24, 2.45) is 35.5 Å². The molecule has 0 spiro atoms. The number of methoxy groups -OCH3 is 3. The van der Waals surface area contributed by atoms with E-state index in [4.69, 9.17) is 37.6 Å². The summed E-state index contributed by atoms with van der Waals surface area (Å²) in [5.41, 5.74) is 0.963. The van der Waals surface area contributed by atoms with Gasteiger partial charge in [0.25, 0.3) is 17.4 Å². The molecule has 19 nitrogen and oxygen atoms in total. The fourth-order valence-electron chi connectivity index (χ4n) is 11.9. The minimum absolute atomic E-state index is 0.00153. The number of allylic oxidation sites excluding steroid dienone is 5. The number of nitro groups is 1. The maximum atomic E-state index is 14.8. The van der Waals surface area contributed by atoms with Crippen molar-refractivity contribution in [1.82, 2.24) is 4.90 Å². The lowest BCUT2D eigenvalue weighted by molar-refractivity contribution is -0.384. The summed E-state index contributed by atoms with van der Waals surface area (Å²) in [5, 5.41) is 35.8. The number of hydrogen-bond acceptors (Lipinski definition) is 17. The Labute approximate surface area is 499 Å². The minimum atomic E-state index is -2.47. The molecule has 3 aliphatic heterocycles. The highest BCUT2D eigenvalue weighted by molar-refractivity contribution is 6.74. The summed E-state index contributed by atoms with van der Waals surface area (Å²) in [6.07, 6.45) is 9.31. The van der Waals surface area contributed by atoms with Crippen molar-refractivity contribution < 1.29 is 76.7 Å². The van der Waals surface area contributed by atoms with Gasteiger partial charge in [-0.1, -0.05) is 91.8 Å². The zero-order valence-electron chi connectivity index (χ0n) is 52.5. The first-order valence-electron chi connectivity index (χ1n) is 30.2. The van der Waals surface area contributed by atoms with Crippen LogP contribution in [-0.4, -0.2) is 146 Å². The quantitative estimate of drug-likeness (QED) is 0.0398. The topological polar surface area (TPSA) is 246 Å². The molecule has 1 saturated carbocycles. The zero-order valence-corrected chi connectivity index (χ0v) is 53.5. The van der Waals surface area contributed by atoms with Crippen LogP contribution in [0.1, 0.15) is 146 Å². The standard InChI is InChI=1S/C64H98N2O17Si/c1-39-21-17-16-18-22-40(2)53(76-11)37-49-28-24-45(7)64(73,82-49)59(69)60(70)65-32-20-19-23-50(65)61(71)80-54(42(4)35-46-25-31-52(55(36-46)77-12)83-84(14,15)63(8,9)10)38-51(67)41(3)34-44(6)57(58(78-13)56(68)43(5)33-39)81-62(72)79-48-29-26-47(27-30-48)66(74)75/h16-18,21-22,26-27,29-30,34,39,41-43,45-46,49-55,57-58,67,73H,19-20,23-25,28,31-33,35-38H2,1-15H3/b18-16+,21-17+,40-22+,44-34+/t39-,41-,42-,43-,45-,46+,49+,50+,51-,52?,53+,54+,55-,57-,58+,64-/m1/s1. The number of nitro benzene ring substituents is 1. The number of rotatable bonds is 11. The number of aliphatic hydroxyl groups excluding tert-OH is 1. The zero-order chi connectivity index (χ0) is 62.4. The molecule has 0 radical (unpaired) electrons. The van der Waals surface area contributed by atoms with E-state index >= 15 is 0 Å². The normalized spacial score (nSPS) is 35.0. The van der Waals surface area contributed by atoms with Gasteiger partial charge in [0.1, 0.15) is 17.9 Å². The molecule has 84 heavy (non-hydrogen) atoms. The average molecular weight is 1200 g/mol. The Morgan fingerprint density at radius 2 is 1.55 bits per heavy atom. The average Bonchev–Trinajstić information content (AvgIpc) is 2.56. The number of aliphatic hydroxyl groups is 2. The number of fused-ring (bicyclic) bond motifs is 3. The van der Waals surface area contributed by atoms with Crippen LogP contribution in [0.2, 0.25) is 18.1 Å². The second-order valence-electron chi connectivity index (χ2n) is 25.8. The molecule has 3 fully saturated rings. The lowest BCUT2D eigenvalue weighted by Gasteiger charge is -2.44. The van der Waals surface area contributed by atoms with Gasteiger partial charge in [-0.25, -0.2) is 9.59 Å². The van der Waals surface area contributed by atoms with E-state index in [1.807, 2.05) is 51.2 Å². The van der Waals surface area contributed by atoms with Gasteiger partial charge in [0.15, 0.2) is 26.3 Å². The molecule has 3 heterocycles. The van der Waals surface area contributed by atoms with Gasteiger partial charge in [0.2, 0.25) is 5.79 Å². The van der Waals surface area contributed by atoms with Crippen LogP contribution in [0.3, 0.4) is 0 Å². The highest BCUT2D eigenvalue weighted by Gasteiger charge is 2.53. The Bertz CT molecular complexity index is 2520. The number of carbonyl (C=O) groups excluding carboxylic acids is 5. The molecular weight excluding hydrogens is 1100 g/mol. The monoisotopic (exact) mass is 1190 g/mol. The Balaban J connectivity index is 1.54. The summed E-state index contributed by atoms with van der Waals surface area (Å²) < 4.78 is 48.9. The van der Waals surface area contributed by atoms with Gasteiger partial charge in [-0.3, -0.25) is 24.5 Å². The van der Waals surface area contributed by atoms with Crippen LogP contribution in [0.5, 0.6) is 5.75 Å². The lowest BCUT2D eigenvalue weighted by atomic mass is 9.78. The van der Waals surface area contributed by atoms with Gasteiger partial charge < -0.3 is 52.7 Å². The number of Topliss-reactive ketones (excluding diaryl/α,β-unsaturated/α-hetero) is 2. The van der Waals surface area contributed by atoms with Crippen molar-refractivity contribution in [3.63, 3.8) is 0 Å². The largest absolute Gasteiger partial charge is 0.514 e. The number of nitrogens with zero attached hydrogens (tertiary/aromatic N) is 2. The van der Waals surface area contributed by atoms with Gasteiger partial charge in [-0.15, -0.1) is 0 Å². The number of hydrogen-bond donors (Lipinski definition) is 2. The molecule has 470 valence electrons. The Morgan fingerprint density at radius 1 is 0.857 bits per heavy atom. The number of non-ortho nitro benzene ring substituents is 1. The number of benzene rings is 1. The van der Waals surface area contributed by atoms with E-state index in [-0.39, 0.29) is 78.0 Å². The van der Waals surface area contributed by atoms with Gasteiger partial charge in [0.05, 0.1) is 35.4 Å². The summed E-state index contributed by atoms with van der Waals surface area (Å²) >= 11 is 0. The number of amides is 1. The lowest BCUT2D eigenvalue weighted by Crippen LogP contribution is -2.61. The third-order valence-corrected chi connectivity index (χ3v) is 22.8. The third kappa shape index (κ3) is 18.5. The van der Waals surface area contributed by atoms with E-state index in [0.29, 0.717) is 50.5 Å². The van der Waals surface area contributed by atoms with E-state index in [2.05, 4.69) is 33.9 Å². The number of ether oxygens (including phenoxy) is 7. The maximum Gasteiger partial charge on any atom is 0.514 e. The van der Waals surface area contributed by atoms with E-state index in [0.717, 1.165) is 18.4 Å². The van der Waals surface area contributed by atoms with E-state index in [1.54, 1.807) is 48.0 Å². The van der Waals surface area contributed by atoms with Crippen LogP contribution in [0.4, 0.5) is 10.5 Å². The number of cyclic esters (lactones) is 1. The fourth-order valence-corrected chi connectivity index (χ4v) is 13.3. The Hall–Kier alpha value is -4.93. The van der Waals surface area contributed by atoms with Gasteiger partial charge in [-0.05, 0) is 137 Å². The molecule has 16 atom stereocenters. The molecule has 2 bridgehead atoms. The molecule has 0 aromatic heterocycles. The van der Waals surface area contributed by atoms with Crippen molar-refractivity contribution in [3.05, 3.63) is 82.0 Å². The molecule has 1 aromatic rings. The predicted octanol–water partition coefficient (Wildman–Crippen LogP) is 11.1. The van der Waals surface area contributed by atoms with Crippen LogP contribution in [-0.2, 0) is 52.0 Å². The maximum absolute atomic E-state index is 14.8. The van der Waals surface area contributed by atoms with Crippen molar-refractivity contribution in [2.45, 2.75) is 225 Å². The number of esters is 1. The van der Waals surface area contributed by atoms with E-state index < -0.39 is 103 Å². The Morgan fingerprint density at radius 3 is 2.18 bits per heavy atom. The van der Waals surface area contributed by atoms with E-state index in [9.17, 15) is 44.3 Å². The van der Waals surface area contributed by atoms with Gasteiger partial charge in [-0.2, -0.15) is 0 Å². The van der Waals surface area contributed by atoms with Crippen LogP contribution in [0, 0.1) is 45.6 Å². The van der Waals surface area contributed by atoms with E-state index in [1.165, 1.54) is 36.3 Å². The number of carbonyl (C=O) groups is 5. The smallest absolute Gasteiger partial charge is 0.460 e. The van der Waals surface area contributed by atoms with Gasteiger partial charge in [0, 0.05) is 70.6 Å². The molecule has 1 amide bonds. The molecule has 1 unspecified atom stereocenters. The first kappa shape index (κ1) is 69.8. The SMILES string of the molecule is CO[C@H]1C[C@@H]2CC[C@@H](C)[C@@](O)(O2)C(=O)C(=O)N2CCCC[C@H]2C(=O)O[C@H]([C@H](C)C[C@@H]2CCC(O[Si](C)(C)C(C)(C)C)[C@H](OC)C2)C[C@@H](O)[C@H](C)/C=C(\C)[C@@H](OC(=O)Oc2ccc([N+](=O)[O-])cc2)[C@@H](OC)C(=O)[C@H](C)C[C@H](C)/C=C/C=C/C=C/1C. The predicted molar refractivity (Wildman–Crippen MR) is 320 cm³/mol. The fraction of sp³-hybridized carbons (Fsp3) is 0.703. The van der Waals surface area contributed by atoms with Gasteiger partial charge >= 0.3 is 12.1 Å². The highest BCUT2D eigenvalue weighted by Crippen LogP contribution is 2.42. The second-order valence-corrected chi connectivity index (χ2v) is 30.6. The molecule has 1 aliphatic carbocycles. The molecular formula is C64H98N2O17Si. The van der Waals surface area contributed by atoms with Crippen LogP contribution in [0.15, 0.2) is 71.9 Å². The molecule has 4 aliphatic rings. The summed E-state index contributed by atoms with van der Waals surface area (Å²) in [4.78, 5) is 84.0. The highest BCUT2D eigenvalue weighted by atomic mass is 28.4. The first-order valence-corrected chi connectivity index (χ1v) is 33.1. The molecule has 2 saturated heterocycles. The summed E-state index contributed by atoms with van der Waals surface area (Å²) in [5.74, 6) is -8.19. The third-order valence-electron chi connectivity index (χ3n) is 18.3. The molecule has 1 aromatic carbocycles. The van der Waals surface area contributed by atoms with Crippen molar-refractivity contribution in [3.8, 4) is 5.75 Å². The number of ketones is 2. The summed E-state index contributed by atoms with van der Waals surface area (Å²) in [6, 6.07) is 3.66. The van der Waals surface area contributed by atoms with Crippen molar-refractivity contribution >= 4 is 43.6 Å². The molecule has 5 rings (SSSR count). The van der Waals surface area contributed by atoms with Crippen LogP contribution in [0.25, 0.3) is 0 Å². The Kier molecular flexibility index (Phi) is 25.9. The van der Waals surface area contributed by atoms with Crippen LogP contribution < -0.4 is 4.74 Å². The molecule has 20 heteroatoms. The number of piperidine rings is 1. The summed E-state index contributed by atoms with van der Waals surface area (Å²) in [6.45, 7) is 23.8. The first-order chi connectivity index (χ1) is 39.4. The minimum Gasteiger partial charge on any atom is -0.460 e. The van der Waals surface area contributed by atoms with Crippen molar-refractivity contribution in [1.29, 1.82) is 0 Å². The molecule has 2 N–H and O–H groups in total. The second kappa shape index (κ2) is 31.1. The van der Waals surface area contributed by atoms with Crippen molar-refractivity contribution in [2.75, 3.05) is 27.9 Å². The van der Waals surface area contributed by atoms with Crippen LogP contribution >= 0.6 is 0 Å².